The van der Waals surface area contributed by atoms with E-state index in [2.05, 4.69) is 48.8 Å². The highest BCUT2D eigenvalue weighted by atomic mass is 32.2. The molecule has 0 spiro atoms. The third kappa shape index (κ3) is 4.94. The van der Waals surface area contributed by atoms with Gasteiger partial charge >= 0.3 is 0 Å². The number of carbonyl (C=O) groups excluding carboxylic acids is 1. The van der Waals surface area contributed by atoms with E-state index in [1.54, 1.807) is 13.8 Å². The number of para-hydroxylation sites is 1. The smallest absolute Gasteiger partial charge is 0.264 e. The molecule has 13 heteroatoms. The second-order valence-electron chi connectivity index (χ2n) is 8.94. The van der Waals surface area contributed by atoms with Gasteiger partial charge in [-0.25, -0.2) is 18.1 Å². The number of aromatic nitrogens is 5. The molecule has 3 aromatic heterocycles. The Balaban J connectivity index is 1.25. The number of anilines is 2. The molecule has 0 fully saturated rings. The zero-order chi connectivity index (χ0) is 27.0. The van der Waals surface area contributed by atoms with Crippen molar-refractivity contribution in [2.24, 2.45) is 0 Å². The summed E-state index contributed by atoms with van der Waals surface area (Å²) in [6.45, 7) is 7.59. The minimum absolute atomic E-state index is 0.0200. The van der Waals surface area contributed by atoms with Crippen LogP contribution in [0.2, 0.25) is 0 Å². The Morgan fingerprint density at radius 1 is 1.08 bits per heavy atom. The predicted octanol–water partition coefficient (Wildman–Crippen LogP) is 4.70. The zero-order valence-electron chi connectivity index (χ0n) is 21.1. The summed E-state index contributed by atoms with van der Waals surface area (Å²) in [5.74, 6) is -0.161. The maximum Gasteiger partial charge on any atom is 0.264 e. The van der Waals surface area contributed by atoms with Crippen molar-refractivity contribution in [3.05, 3.63) is 59.8 Å². The van der Waals surface area contributed by atoms with Gasteiger partial charge in [-0.2, -0.15) is 0 Å². The van der Waals surface area contributed by atoms with E-state index in [1.807, 2.05) is 24.3 Å². The van der Waals surface area contributed by atoms with E-state index in [1.165, 1.54) is 36.0 Å². The zero-order valence-corrected chi connectivity index (χ0v) is 22.7. The van der Waals surface area contributed by atoms with Crippen molar-refractivity contribution in [3.63, 3.8) is 0 Å². The topological polar surface area (TPSA) is 145 Å². The molecule has 5 aromatic rings. The van der Waals surface area contributed by atoms with Crippen LogP contribution in [0.15, 0.2) is 63.1 Å². The van der Waals surface area contributed by atoms with Gasteiger partial charge in [0, 0.05) is 22.7 Å². The molecule has 0 aliphatic rings. The molecule has 1 amide bonds. The Morgan fingerprint density at radius 2 is 1.82 bits per heavy atom. The normalized spacial score (nSPS) is 11.9. The molecule has 0 radical (unpaired) electrons. The summed E-state index contributed by atoms with van der Waals surface area (Å²) in [4.78, 5) is 17.3. The van der Waals surface area contributed by atoms with Crippen molar-refractivity contribution in [2.45, 2.75) is 43.8 Å². The van der Waals surface area contributed by atoms with Crippen LogP contribution in [0.25, 0.3) is 22.1 Å². The number of hydrogen-bond donors (Lipinski definition) is 2. The average Bonchev–Trinajstić information content (AvgIpc) is 3.39. The molecule has 0 aliphatic heterocycles. The van der Waals surface area contributed by atoms with Crippen LogP contribution in [0.1, 0.15) is 31.1 Å². The Kier molecular flexibility index (Phi) is 6.80. The van der Waals surface area contributed by atoms with Gasteiger partial charge in [0.05, 0.1) is 21.9 Å². The maximum absolute atomic E-state index is 12.7. The largest absolute Gasteiger partial charge is 0.337 e. The molecule has 2 N–H and O–H groups in total. The van der Waals surface area contributed by atoms with Crippen LogP contribution in [0.3, 0.4) is 0 Å². The summed E-state index contributed by atoms with van der Waals surface area (Å²) in [6, 6.07) is 14.0. The number of benzene rings is 2. The molecule has 2 aromatic carbocycles. The molecule has 196 valence electrons. The van der Waals surface area contributed by atoms with E-state index in [0.29, 0.717) is 22.1 Å². The predicted molar refractivity (Wildman–Crippen MR) is 146 cm³/mol. The lowest BCUT2D eigenvalue weighted by Crippen LogP contribution is -2.15. The Morgan fingerprint density at radius 3 is 2.50 bits per heavy atom. The van der Waals surface area contributed by atoms with Crippen LogP contribution in [-0.4, -0.2) is 45.0 Å². The van der Waals surface area contributed by atoms with Crippen LogP contribution in [-0.2, 0) is 14.8 Å². The molecule has 3 heterocycles. The van der Waals surface area contributed by atoms with Gasteiger partial charge in [-0.1, -0.05) is 35.1 Å². The lowest BCUT2D eigenvalue weighted by Gasteiger charge is -2.10. The number of amides is 1. The SMILES string of the molecule is Cc1noc(NS(=O)(=O)c2ccc(NC(=O)CSc3nnc4c5ccccc5n(C(C)C)c4n3)cc2)c1C. The third-order valence-corrected chi connectivity index (χ3v) is 8.16. The van der Waals surface area contributed by atoms with Gasteiger partial charge in [0.1, 0.15) is 5.52 Å². The summed E-state index contributed by atoms with van der Waals surface area (Å²) in [6.07, 6.45) is 0. The highest BCUT2D eigenvalue weighted by molar-refractivity contribution is 7.99. The molecular formula is C25H25N7O4S2. The monoisotopic (exact) mass is 551 g/mol. The van der Waals surface area contributed by atoms with Crippen molar-refractivity contribution >= 4 is 61.3 Å². The van der Waals surface area contributed by atoms with E-state index in [9.17, 15) is 13.2 Å². The van der Waals surface area contributed by atoms with Crippen LogP contribution in [0.4, 0.5) is 11.6 Å². The minimum atomic E-state index is -3.88. The summed E-state index contributed by atoms with van der Waals surface area (Å²) in [7, 11) is -3.88. The Bertz CT molecular complexity index is 1760. The second-order valence-corrected chi connectivity index (χ2v) is 11.6. The van der Waals surface area contributed by atoms with Gasteiger partial charge in [-0.3, -0.25) is 4.79 Å². The molecule has 38 heavy (non-hydrogen) atoms. The van der Waals surface area contributed by atoms with Crippen molar-refractivity contribution in [1.82, 2.24) is 24.9 Å². The molecule has 0 saturated heterocycles. The Labute approximate surface area is 223 Å². The first-order valence-corrected chi connectivity index (χ1v) is 14.2. The van der Waals surface area contributed by atoms with Gasteiger partial charge in [0.2, 0.25) is 16.9 Å². The number of nitrogens with zero attached hydrogens (tertiary/aromatic N) is 5. The Hall–Kier alpha value is -3.97. The third-order valence-electron chi connectivity index (χ3n) is 5.98. The molecule has 11 nitrogen and oxygen atoms in total. The molecule has 0 bridgehead atoms. The number of nitrogens with one attached hydrogen (secondary N) is 2. The summed E-state index contributed by atoms with van der Waals surface area (Å²) in [5, 5.41) is 16.5. The van der Waals surface area contributed by atoms with Gasteiger partial charge in [-0.15, -0.1) is 10.2 Å². The molecule has 5 rings (SSSR count). The number of fused-ring (bicyclic) bond motifs is 3. The van der Waals surface area contributed by atoms with E-state index >= 15 is 0 Å². The maximum atomic E-state index is 12.7. The van der Waals surface area contributed by atoms with E-state index in [4.69, 9.17) is 4.52 Å². The first kappa shape index (κ1) is 25.7. The number of aryl methyl sites for hydroxylation is 1. The minimum Gasteiger partial charge on any atom is -0.337 e. The first-order chi connectivity index (χ1) is 18.1. The fraction of sp³-hybridized carbons (Fsp3) is 0.240. The highest BCUT2D eigenvalue weighted by Crippen LogP contribution is 2.30. The standard InChI is InChI=1S/C25H25N7O4S2/c1-14(2)32-20-8-6-5-7-19(20)22-23(32)27-25(29-28-22)37-13-21(33)26-17-9-11-18(12-10-17)38(34,35)31-24-15(3)16(4)30-36-24/h5-12,14,31H,13H2,1-4H3,(H,26,33). The van der Waals surface area contributed by atoms with Crippen molar-refractivity contribution in [1.29, 1.82) is 0 Å². The number of hydrogen-bond acceptors (Lipinski definition) is 9. The fourth-order valence-electron chi connectivity index (χ4n) is 3.96. The van der Waals surface area contributed by atoms with Crippen molar-refractivity contribution in [2.75, 3.05) is 15.8 Å². The summed E-state index contributed by atoms with van der Waals surface area (Å²) in [5.41, 5.74) is 4.14. The first-order valence-electron chi connectivity index (χ1n) is 11.8. The van der Waals surface area contributed by atoms with Crippen LogP contribution in [0, 0.1) is 13.8 Å². The van der Waals surface area contributed by atoms with Gasteiger partial charge in [0.15, 0.2) is 5.65 Å². The number of thioether (sulfide) groups is 1. The van der Waals surface area contributed by atoms with Crippen molar-refractivity contribution in [3.8, 4) is 0 Å². The average molecular weight is 552 g/mol. The summed E-state index contributed by atoms with van der Waals surface area (Å²) < 4.78 is 34.9. The molecular weight excluding hydrogens is 526 g/mol. The summed E-state index contributed by atoms with van der Waals surface area (Å²) >= 11 is 1.17. The van der Waals surface area contributed by atoms with Gasteiger partial charge < -0.3 is 14.4 Å². The molecule has 0 atom stereocenters. The quantitative estimate of drug-likeness (QED) is 0.262. The second kappa shape index (κ2) is 10.1. The van der Waals surface area contributed by atoms with Crippen molar-refractivity contribution < 1.29 is 17.7 Å². The fourth-order valence-corrected chi connectivity index (χ4v) is 5.59. The molecule has 0 saturated carbocycles. The lowest BCUT2D eigenvalue weighted by molar-refractivity contribution is -0.113. The highest BCUT2D eigenvalue weighted by Gasteiger charge is 2.20. The van der Waals surface area contributed by atoms with Crippen LogP contribution >= 0.6 is 11.8 Å². The van der Waals surface area contributed by atoms with E-state index < -0.39 is 10.0 Å². The lowest BCUT2D eigenvalue weighted by atomic mass is 10.2. The van der Waals surface area contributed by atoms with E-state index in [-0.39, 0.29) is 28.5 Å². The van der Waals surface area contributed by atoms with Crippen LogP contribution in [0.5, 0.6) is 0 Å². The number of rotatable bonds is 8. The van der Waals surface area contributed by atoms with Crippen LogP contribution < -0.4 is 10.0 Å². The molecule has 0 aliphatic carbocycles. The molecule has 0 unspecified atom stereocenters. The number of carbonyl (C=O) groups is 1. The van der Waals surface area contributed by atoms with Gasteiger partial charge in [-0.05, 0) is 58.0 Å². The number of sulfonamides is 1. The van der Waals surface area contributed by atoms with E-state index in [0.717, 1.165) is 22.1 Å². The van der Waals surface area contributed by atoms with Gasteiger partial charge in [0.25, 0.3) is 10.0 Å².